The van der Waals surface area contributed by atoms with E-state index in [-0.39, 0.29) is 5.91 Å². The molecule has 3 rings (SSSR count). The number of aryl methyl sites for hydroxylation is 2. The molecule has 1 N–H and O–H groups in total. The minimum absolute atomic E-state index is 0.0451. The first-order valence-corrected chi connectivity index (χ1v) is 9.09. The predicted molar refractivity (Wildman–Crippen MR) is 101 cm³/mol. The lowest BCUT2D eigenvalue weighted by Crippen LogP contribution is -2.39. The van der Waals surface area contributed by atoms with E-state index in [1.807, 2.05) is 18.5 Å². The maximum atomic E-state index is 12.5. The molecule has 1 aromatic carbocycles. The molecule has 0 bridgehead atoms. The van der Waals surface area contributed by atoms with E-state index in [1.165, 1.54) is 18.4 Å². The second kappa shape index (κ2) is 7.40. The van der Waals surface area contributed by atoms with E-state index in [0.717, 1.165) is 35.9 Å². The van der Waals surface area contributed by atoms with Crippen LogP contribution < -0.4 is 5.32 Å². The van der Waals surface area contributed by atoms with Gasteiger partial charge in [-0.2, -0.15) is 5.10 Å². The molecule has 5 nitrogen and oxygen atoms in total. The molecule has 1 aromatic heterocycles. The van der Waals surface area contributed by atoms with Crippen molar-refractivity contribution in [2.24, 2.45) is 5.92 Å². The van der Waals surface area contributed by atoms with E-state index in [0.29, 0.717) is 12.5 Å². The van der Waals surface area contributed by atoms with Gasteiger partial charge in [0.2, 0.25) is 5.91 Å². The van der Waals surface area contributed by atoms with Crippen molar-refractivity contribution in [1.82, 2.24) is 14.7 Å². The molecule has 2 aromatic rings. The lowest BCUT2D eigenvalue weighted by Gasteiger charge is -2.30. The molecule has 1 unspecified atom stereocenters. The van der Waals surface area contributed by atoms with Crippen molar-refractivity contribution in [2.45, 2.75) is 40.5 Å². The molecule has 134 valence electrons. The van der Waals surface area contributed by atoms with Gasteiger partial charge < -0.3 is 5.32 Å². The van der Waals surface area contributed by atoms with Crippen molar-refractivity contribution in [3.05, 3.63) is 41.2 Å². The predicted octanol–water partition coefficient (Wildman–Crippen LogP) is 3.47. The number of likely N-dealkylation sites (tertiary alicyclic amines) is 1. The van der Waals surface area contributed by atoms with Gasteiger partial charge in [-0.05, 0) is 58.2 Å². The summed E-state index contributed by atoms with van der Waals surface area (Å²) in [6.45, 7) is 10.7. The third-order valence-electron chi connectivity index (χ3n) is 4.94. The number of nitrogens with one attached hydrogen (secondary N) is 1. The highest BCUT2D eigenvalue weighted by Gasteiger charge is 2.20. The van der Waals surface area contributed by atoms with Crippen LogP contribution in [-0.2, 0) is 4.79 Å². The number of aromatic nitrogens is 2. The molecule has 1 aliphatic heterocycles. The number of nitrogens with zero attached hydrogens (tertiary/aromatic N) is 3. The summed E-state index contributed by atoms with van der Waals surface area (Å²) in [6, 6.07) is 8.24. The maximum Gasteiger partial charge on any atom is 0.238 e. The molecule has 1 atom stereocenters. The van der Waals surface area contributed by atoms with Crippen LogP contribution in [0.2, 0.25) is 0 Å². The number of carbonyl (C=O) groups is 1. The van der Waals surface area contributed by atoms with Crippen LogP contribution >= 0.6 is 0 Å². The van der Waals surface area contributed by atoms with Crippen molar-refractivity contribution in [2.75, 3.05) is 25.0 Å². The van der Waals surface area contributed by atoms with E-state index in [9.17, 15) is 4.79 Å². The fraction of sp³-hybridized carbons (Fsp3) is 0.500. The topological polar surface area (TPSA) is 50.2 Å². The molecule has 1 amide bonds. The highest BCUT2D eigenvalue weighted by Crippen LogP contribution is 2.23. The summed E-state index contributed by atoms with van der Waals surface area (Å²) in [7, 11) is 0. The summed E-state index contributed by atoms with van der Waals surface area (Å²) in [6.07, 6.45) is 2.44. The summed E-state index contributed by atoms with van der Waals surface area (Å²) in [5.74, 6) is 0.720. The molecule has 0 spiro atoms. The Hall–Kier alpha value is -2.14. The summed E-state index contributed by atoms with van der Waals surface area (Å²) < 4.78 is 1.90. The van der Waals surface area contributed by atoms with Crippen LogP contribution in [0.1, 0.15) is 36.7 Å². The number of anilines is 1. The average molecular weight is 340 g/mol. The van der Waals surface area contributed by atoms with Crippen LogP contribution in [0.25, 0.3) is 5.69 Å². The van der Waals surface area contributed by atoms with E-state index in [2.05, 4.69) is 53.4 Å². The molecule has 1 saturated heterocycles. The lowest BCUT2D eigenvalue weighted by atomic mass is 10.0. The van der Waals surface area contributed by atoms with Gasteiger partial charge in [0, 0.05) is 6.54 Å². The number of benzene rings is 1. The summed E-state index contributed by atoms with van der Waals surface area (Å²) in [5, 5.41) is 7.69. The average Bonchev–Trinajstić information content (AvgIpc) is 2.84. The van der Waals surface area contributed by atoms with Gasteiger partial charge in [0.1, 0.15) is 0 Å². The van der Waals surface area contributed by atoms with Crippen LogP contribution in [0.4, 0.5) is 5.69 Å². The Labute approximate surface area is 150 Å². The molecule has 0 aliphatic carbocycles. The van der Waals surface area contributed by atoms with Crippen LogP contribution in [-0.4, -0.2) is 40.2 Å². The van der Waals surface area contributed by atoms with Gasteiger partial charge in [-0.15, -0.1) is 0 Å². The number of hydrogen-bond acceptors (Lipinski definition) is 3. The zero-order chi connectivity index (χ0) is 18.0. The second-order valence-corrected chi connectivity index (χ2v) is 7.32. The quantitative estimate of drug-likeness (QED) is 0.927. The summed E-state index contributed by atoms with van der Waals surface area (Å²) in [5.41, 5.74) is 4.86. The second-order valence-electron chi connectivity index (χ2n) is 7.32. The Bertz CT molecular complexity index is 748. The molecule has 1 aliphatic rings. The minimum Gasteiger partial charge on any atom is -0.322 e. The SMILES string of the molecule is Cc1ccc(-n2nc(C)c(NC(=O)CN3CCCC(C)C3)c2C)cc1. The van der Waals surface area contributed by atoms with Gasteiger partial charge in [-0.3, -0.25) is 9.69 Å². The van der Waals surface area contributed by atoms with Crippen molar-refractivity contribution in [3.8, 4) is 5.69 Å². The number of amides is 1. The van der Waals surface area contributed by atoms with Gasteiger partial charge in [0.15, 0.2) is 0 Å². The smallest absolute Gasteiger partial charge is 0.238 e. The van der Waals surface area contributed by atoms with Gasteiger partial charge in [0.05, 0.1) is 29.3 Å². The zero-order valence-corrected chi connectivity index (χ0v) is 15.7. The molecule has 2 heterocycles. The first kappa shape index (κ1) is 17.7. The Morgan fingerprint density at radius 1 is 1.24 bits per heavy atom. The number of carbonyl (C=O) groups excluding carboxylic acids is 1. The maximum absolute atomic E-state index is 12.5. The molecular formula is C20H28N4O. The van der Waals surface area contributed by atoms with Crippen LogP contribution in [0.5, 0.6) is 0 Å². The minimum atomic E-state index is 0.0451. The van der Waals surface area contributed by atoms with E-state index >= 15 is 0 Å². The van der Waals surface area contributed by atoms with Gasteiger partial charge in [-0.25, -0.2) is 4.68 Å². The molecular weight excluding hydrogens is 312 g/mol. The normalized spacial score (nSPS) is 18.3. The van der Waals surface area contributed by atoms with Gasteiger partial charge >= 0.3 is 0 Å². The fourth-order valence-corrected chi connectivity index (χ4v) is 3.57. The Balaban J connectivity index is 1.72. The molecule has 25 heavy (non-hydrogen) atoms. The highest BCUT2D eigenvalue weighted by molar-refractivity contribution is 5.93. The largest absolute Gasteiger partial charge is 0.322 e. The standard InChI is InChI=1S/C20H28N4O/c1-14-7-9-18(10-8-14)24-17(4)20(16(3)22-24)21-19(25)13-23-11-5-6-15(2)12-23/h7-10,15H,5-6,11-13H2,1-4H3,(H,21,25). The molecule has 5 heteroatoms. The molecule has 0 radical (unpaired) electrons. The van der Waals surface area contributed by atoms with Gasteiger partial charge in [-0.1, -0.05) is 24.6 Å². The summed E-state index contributed by atoms with van der Waals surface area (Å²) in [4.78, 5) is 14.7. The Morgan fingerprint density at radius 3 is 2.64 bits per heavy atom. The van der Waals surface area contributed by atoms with E-state index in [1.54, 1.807) is 0 Å². The zero-order valence-electron chi connectivity index (χ0n) is 15.7. The molecule has 0 saturated carbocycles. The highest BCUT2D eigenvalue weighted by atomic mass is 16.2. The molecule has 1 fully saturated rings. The van der Waals surface area contributed by atoms with E-state index in [4.69, 9.17) is 0 Å². The number of rotatable bonds is 4. The lowest BCUT2D eigenvalue weighted by molar-refractivity contribution is -0.117. The Kier molecular flexibility index (Phi) is 5.23. The third-order valence-corrected chi connectivity index (χ3v) is 4.94. The van der Waals surface area contributed by atoms with Crippen LogP contribution in [0.15, 0.2) is 24.3 Å². The number of hydrogen-bond donors (Lipinski definition) is 1. The van der Waals surface area contributed by atoms with E-state index < -0.39 is 0 Å². The third kappa shape index (κ3) is 4.10. The monoisotopic (exact) mass is 340 g/mol. The van der Waals surface area contributed by atoms with Crippen LogP contribution in [0, 0.1) is 26.7 Å². The van der Waals surface area contributed by atoms with Crippen molar-refractivity contribution < 1.29 is 4.79 Å². The first-order valence-electron chi connectivity index (χ1n) is 9.09. The first-order chi connectivity index (χ1) is 11.9. The summed E-state index contributed by atoms with van der Waals surface area (Å²) >= 11 is 0. The van der Waals surface area contributed by atoms with Crippen molar-refractivity contribution >= 4 is 11.6 Å². The van der Waals surface area contributed by atoms with Crippen molar-refractivity contribution in [1.29, 1.82) is 0 Å². The fourth-order valence-electron chi connectivity index (χ4n) is 3.57. The Morgan fingerprint density at radius 2 is 1.96 bits per heavy atom. The van der Waals surface area contributed by atoms with Crippen molar-refractivity contribution in [3.63, 3.8) is 0 Å². The number of piperidine rings is 1. The van der Waals surface area contributed by atoms with Gasteiger partial charge in [0.25, 0.3) is 0 Å². The van der Waals surface area contributed by atoms with Crippen LogP contribution in [0.3, 0.4) is 0 Å².